The number of rotatable bonds is 7. The highest BCUT2D eigenvalue weighted by atomic mass is 79.9. The Kier molecular flexibility index (Phi) is 6.55. The molecule has 5 rings (SSSR count). The summed E-state index contributed by atoms with van der Waals surface area (Å²) >= 11 is 3.46. The number of amides is 3. The van der Waals surface area contributed by atoms with E-state index in [9.17, 15) is 19.2 Å². The minimum atomic E-state index is -1.12. The van der Waals surface area contributed by atoms with E-state index in [0.717, 1.165) is 32.5 Å². The minimum absolute atomic E-state index is 0.0400. The average molecular weight is 551 g/mol. The molecule has 3 aliphatic rings. The lowest BCUT2D eigenvalue weighted by Gasteiger charge is -2.26. The van der Waals surface area contributed by atoms with E-state index < -0.39 is 36.4 Å². The van der Waals surface area contributed by atoms with Crippen LogP contribution in [0.25, 0.3) is 0 Å². The number of benzene rings is 2. The maximum atomic E-state index is 13.4. The Balaban J connectivity index is 1.32. The molecule has 1 saturated carbocycles. The number of likely N-dealkylation sites (tertiary alicyclic amines) is 1. The SMILES string of the molecule is Cc1cc(NC(=O)COC(=O)[C@H](Cc2ccccc2)N2C(=O)[C@@H]3[C@@H](C2=O)[C@H]2C=C[C@H]3C2)c(C)cc1Br. The van der Waals surface area contributed by atoms with Gasteiger partial charge in [0.15, 0.2) is 6.61 Å². The van der Waals surface area contributed by atoms with Crippen LogP contribution >= 0.6 is 15.9 Å². The van der Waals surface area contributed by atoms with Gasteiger partial charge in [0.1, 0.15) is 6.04 Å². The molecule has 1 saturated heterocycles. The quantitative estimate of drug-likeness (QED) is 0.320. The third-order valence-electron chi connectivity index (χ3n) is 7.49. The van der Waals surface area contributed by atoms with Gasteiger partial charge in [-0.15, -0.1) is 0 Å². The zero-order valence-corrected chi connectivity index (χ0v) is 21.7. The standard InChI is InChI=1S/C28H27BrN2O5/c1-15-11-21(16(2)10-20(15)29)30-23(32)14-36-28(35)22(12-17-6-4-3-5-7-17)31-26(33)24-18-8-9-19(13-18)25(24)27(31)34/h3-11,18-19,22,24-25H,12-14H2,1-2H3,(H,30,32)/t18-,19-,22-,24-,25-/m0/s1. The van der Waals surface area contributed by atoms with Crippen LogP contribution in [0.4, 0.5) is 5.69 Å². The zero-order chi connectivity index (χ0) is 25.6. The third-order valence-corrected chi connectivity index (χ3v) is 8.34. The summed E-state index contributed by atoms with van der Waals surface area (Å²) in [5.41, 5.74) is 3.23. The van der Waals surface area contributed by atoms with Gasteiger partial charge in [0.25, 0.3) is 5.91 Å². The Bertz CT molecular complexity index is 1240. The summed E-state index contributed by atoms with van der Waals surface area (Å²) in [6, 6.07) is 11.8. The first-order valence-corrected chi connectivity index (χ1v) is 12.9. The fraction of sp³-hybridized carbons (Fsp3) is 0.357. The highest BCUT2D eigenvalue weighted by Gasteiger charge is 2.61. The van der Waals surface area contributed by atoms with Crippen LogP contribution in [-0.4, -0.2) is 41.2 Å². The van der Waals surface area contributed by atoms with Gasteiger partial charge in [-0.1, -0.05) is 58.4 Å². The molecule has 1 N–H and O–H groups in total. The molecule has 7 nitrogen and oxygen atoms in total. The van der Waals surface area contributed by atoms with E-state index in [4.69, 9.17) is 4.74 Å². The monoisotopic (exact) mass is 550 g/mol. The van der Waals surface area contributed by atoms with Gasteiger partial charge >= 0.3 is 5.97 Å². The van der Waals surface area contributed by atoms with Crippen LogP contribution in [0.2, 0.25) is 0 Å². The molecule has 2 fully saturated rings. The van der Waals surface area contributed by atoms with E-state index in [2.05, 4.69) is 21.2 Å². The molecule has 3 amide bonds. The van der Waals surface area contributed by atoms with Crippen molar-refractivity contribution in [1.29, 1.82) is 0 Å². The number of esters is 1. The normalized spacial score (nSPS) is 24.7. The van der Waals surface area contributed by atoms with Crippen molar-refractivity contribution in [3.8, 4) is 0 Å². The van der Waals surface area contributed by atoms with E-state index >= 15 is 0 Å². The number of imide groups is 1. The number of ether oxygens (including phenoxy) is 1. The molecule has 36 heavy (non-hydrogen) atoms. The summed E-state index contributed by atoms with van der Waals surface area (Å²) in [5.74, 6) is -2.63. The summed E-state index contributed by atoms with van der Waals surface area (Å²) in [4.78, 5) is 53.7. The topological polar surface area (TPSA) is 92.8 Å². The number of nitrogens with zero attached hydrogens (tertiary/aromatic N) is 1. The molecule has 0 unspecified atom stereocenters. The highest BCUT2D eigenvalue weighted by molar-refractivity contribution is 9.10. The Labute approximate surface area is 218 Å². The summed E-state index contributed by atoms with van der Waals surface area (Å²) < 4.78 is 6.31. The van der Waals surface area contributed by atoms with Crippen LogP contribution in [0.3, 0.4) is 0 Å². The first-order chi connectivity index (χ1) is 17.2. The molecule has 0 radical (unpaired) electrons. The van der Waals surface area contributed by atoms with Gasteiger partial charge in [-0.05, 0) is 60.9 Å². The summed E-state index contributed by atoms with van der Waals surface area (Å²) in [7, 11) is 0. The smallest absolute Gasteiger partial charge is 0.330 e. The number of fused-ring (bicyclic) bond motifs is 5. The van der Waals surface area contributed by atoms with E-state index in [1.807, 2.05) is 68.5 Å². The van der Waals surface area contributed by atoms with E-state index in [0.29, 0.717) is 5.69 Å². The average Bonchev–Trinajstić information content (AvgIpc) is 3.54. The molecular weight excluding hydrogens is 524 g/mol. The molecule has 0 aromatic heterocycles. The number of carbonyl (C=O) groups excluding carboxylic acids is 4. The number of carbonyl (C=O) groups is 4. The molecule has 2 aromatic carbocycles. The molecule has 5 atom stereocenters. The van der Waals surface area contributed by atoms with Gasteiger partial charge in [0.2, 0.25) is 11.8 Å². The number of nitrogens with one attached hydrogen (secondary N) is 1. The molecule has 8 heteroatoms. The lowest BCUT2D eigenvalue weighted by molar-refractivity contribution is -0.160. The van der Waals surface area contributed by atoms with Gasteiger partial charge in [-0.3, -0.25) is 19.3 Å². The molecule has 2 aromatic rings. The molecule has 2 aliphatic carbocycles. The fourth-order valence-electron chi connectivity index (χ4n) is 5.68. The van der Waals surface area contributed by atoms with Crippen LogP contribution in [0.1, 0.15) is 23.1 Å². The molecular formula is C28H27BrN2O5. The maximum Gasteiger partial charge on any atom is 0.330 e. The van der Waals surface area contributed by atoms with E-state index in [1.165, 1.54) is 0 Å². The largest absolute Gasteiger partial charge is 0.454 e. The second-order valence-electron chi connectivity index (χ2n) is 9.82. The molecule has 1 heterocycles. The van der Waals surface area contributed by atoms with Gasteiger partial charge in [0.05, 0.1) is 11.8 Å². The minimum Gasteiger partial charge on any atom is -0.454 e. The van der Waals surface area contributed by atoms with Crippen molar-refractivity contribution in [2.24, 2.45) is 23.7 Å². The number of halogens is 1. The number of anilines is 1. The molecule has 1 aliphatic heterocycles. The van der Waals surface area contributed by atoms with Crippen LogP contribution in [-0.2, 0) is 30.3 Å². The van der Waals surface area contributed by atoms with Crippen LogP contribution in [0.15, 0.2) is 59.1 Å². The van der Waals surface area contributed by atoms with Gasteiger partial charge in [-0.25, -0.2) is 4.79 Å². The number of allylic oxidation sites excluding steroid dienone is 2. The highest BCUT2D eigenvalue weighted by Crippen LogP contribution is 2.53. The van der Waals surface area contributed by atoms with Crippen molar-refractivity contribution in [3.05, 3.63) is 75.8 Å². The molecule has 186 valence electrons. The van der Waals surface area contributed by atoms with Crippen LogP contribution in [0, 0.1) is 37.5 Å². The van der Waals surface area contributed by atoms with Crippen molar-refractivity contribution in [2.75, 3.05) is 11.9 Å². The van der Waals surface area contributed by atoms with E-state index in [1.54, 1.807) is 0 Å². The second kappa shape index (κ2) is 9.65. The third kappa shape index (κ3) is 4.39. The van der Waals surface area contributed by atoms with Gasteiger partial charge < -0.3 is 10.1 Å². The fourth-order valence-corrected chi connectivity index (χ4v) is 6.14. The Hall–Kier alpha value is -3.26. The zero-order valence-electron chi connectivity index (χ0n) is 20.1. The van der Waals surface area contributed by atoms with Crippen molar-refractivity contribution in [3.63, 3.8) is 0 Å². The van der Waals surface area contributed by atoms with Crippen molar-refractivity contribution in [2.45, 2.75) is 32.7 Å². The number of hydrogen-bond donors (Lipinski definition) is 1. The Morgan fingerprint density at radius 3 is 2.31 bits per heavy atom. The van der Waals surface area contributed by atoms with Crippen molar-refractivity contribution < 1.29 is 23.9 Å². The van der Waals surface area contributed by atoms with Gasteiger partial charge in [-0.2, -0.15) is 0 Å². The summed E-state index contributed by atoms with van der Waals surface area (Å²) in [6.07, 6.45) is 4.97. The summed E-state index contributed by atoms with van der Waals surface area (Å²) in [5, 5.41) is 2.77. The van der Waals surface area contributed by atoms with Crippen LogP contribution in [0.5, 0.6) is 0 Å². The summed E-state index contributed by atoms with van der Waals surface area (Å²) in [6.45, 7) is 3.26. The Morgan fingerprint density at radius 1 is 1.03 bits per heavy atom. The second-order valence-corrected chi connectivity index (χ2v) is 10.7. The lowest BCUT2D eigenvalue weighted by Crippen LogP contribution is -2.48. The molecule has 0 spiro atoms. The first-order valence-electron chi connectivity index (χ1n) is 12.1. The van der Waals surface area contributed by atoms with Crippen LogP contribution < -0.4 is 5.32 Å². The lowest BCUT2D eigenvalue weighted by atomic mass is 9.85. The molecule has 2 bridgehead atoms. The number of hydrogen-bond acceptors (Lipinski definition) is 5. The van der Waals surface area contributed by atoms with Crippen molar-refractivity contribution in [1.82, 2.24) is 4.90 Å². The maximum absolute atomic E-state index is 13.4. The van der Waals surface area contributed by atoms with Crippen molar-refractivity contribution >= 4 is 45.3 Å². The predicted octanol–water partition coefficient (Wildman–Crippen LogP) is 3.97. The predicted molar refractivity (Wildman–Crippen MR) is 137 cm³/mol. The number of aryl methyl sites for hydroxylation is 2. The Morgan fingerprint density at radius 2 is 1.67 bits per heavy atom. The van der Waals surface area contributed by atoms with E-state index in [-0.39, 0.29) is 30.1 Å². The van der Waals surface area contributed by atoms with Gasteiger partial charge in [0, 0.05) is 16.6 Å². The first kappa shape index (κ1) is 24.4.